The Morgan fingerprint density at radius 2 is 1.65 bits per heavy atom. The molecule has 3 rings (SSSR count). The van der Waals surface area contributed by atoms with Crippen LogP contribution in [-0.2, 0) is 0 Å². The van der Waals surface area contributed by atoms with E-state index in [-0.39, 0.29) is 0 Å². The number of piperidine rings is 1. The number of likely N-dealkylation sites (tertiary alicyclic amines) is 1. The van der Waals surface area contributed by atoms with Crippen LogP contribution < -0.4 is 5.43 Å². The van der Waals surface area contributed by atoms with Crippen LogP contribution in [0.3, 0.4) is 0 Å². The summed E-state index contributed by atoms with van der Waals surface area (Å²) >= 11 is 0. The Hall–Kier alpha value is -0.120. The van der Waals surface area contributed by atoms with E-state index >= 15 is 0 Å². The zero-order valence-corrected chi connectivity index (χ0v) is 11.6. The zero-order chi connectivity index (χ0) is 12.1. The van der Waals surface area contributed by atoms with Gasteiger partial charge in [0.2, 0.25) is 0 Å². The number of rotatable bonds is 2. The molecule has 3 fully saturated rings. The fourth-order valence-electron chi connectivity index (χ4n) is 3.29. The van der Waals surface area contributed by atoms with Gasteiger partial charge in [0.1, 0.15) is 0 Å². The van der Waals surface area contributed by atoms with E-state index in [0.29, 0.717) is 11.0 Å². The maximum Gasteiger partial charge on any atom is 0.0216 e. The molecule has 0 atom stereocenters. The maximum atomic E-state index is 3.62. The Morgan fingerprint density at radius 3 is 2.12 bits per heavy atom. The molecule has 1 N–H and O–H groups in total. The van der Waals surface area contributed by atoms with E-state index in [4.69, 9.17) is 0 Å². The smallest absolute Gasteiger partial charge is 0.0216 e. The average Bonchev–Trinajstić information content (AvgIpc) is 2.98. The molecule has 2 aliphatic heterocycles. The SMILES string of the molecule is CC(C)(C)N1CCC2(CC1)CN(NC1CC1)C2. The van der Waals surface area contributed by atoms with Gasteiger partial charge in [-0.25, -0.2) is 5.01 Å². The number of hydrazine groups is 1. The lowest BCUT2D eigenvalue weighted by atomic mass is 9.72. The van der Waals surface area contributed by atoms with Crippen molar-refractivity contribution in [2.45, 2.75) is 58.0 Å². The molecule has 1 spiro atoms. The van der Waals surface area contributed by atoms with Crippen LogP contribution >= 0.6 is 0 Å². The van der Waals surface area contributed by atoms with E-state index in [0.717, 1.165) is 6.04 Å². The third-order valence-corrected chi connectivity index (χ3v) is 4.77. The predicted molar refractivity (Wildman–Crippen MR) is 70.7 cm³/mol. The molecular weight excluding hydrogens is 210 g/mol. The maximum absolute atomic E-state index is 3.62. The highest BCUT2D eigenvalue weighted by molar-refractivity contribution is 4.99. The highest BCUT2D eigenvalue weighted by atomic mass is 15.6. The molecule has 3 nitrogen and oxygen atoms in total. The van der Waals surface area contributed by atoms with Gasteiger partial charge in [0.25, 0.3) is 0 Å². The molecule has 2 saturated heterocycles. The van der Waals surface area contributed by atoms with Crippen LogP contribution in [0.4, 0.5) is 0 Å². The van der Waals surface area contributed by atoms with E-state index in [1.54, 1.807) is 0 Å². The molecular formula is C14H27N3. The van der Waals surface area contributed by atoms with Gasteiger partial charge in [-0.05, 0) is 59.5 Å². The van der Waals surface area contributed by atoms with Gasteiger partial charge in [0, 0.05) is 30.1 Å². The van der Waals surface area contributed by atoms with Gasteiger partial charge in [0.05, 0.1) is 0 Å². The topological polar surface area (TPSA) is 18.5 Å². The first kappa shape index (κ1) is 11.9. The van der Waals surface area contributed by atoms with Crippen molar-refractivity contribution >= 4 is 0 Å². The van der Waals surface area contributed by atoms with Crippen LogP contribution in [0.2, 0.25) is 0 Å². The summed E-state index contributed by atoms with van der Waals surface area (Å²) in [5, 5.41) is 2.46. The van der Waals surface area contributed by atoms with Gasteiger partial charge in [-0.15, -0.1) is 0 Å². The summed E-state index contributed by atoms with van der Waals surface area (Å²) in [6.07, 6.45) is 5.57. The van der Waals surface area contributed by atoms with Crippen molar-refractivity contribution in [1.82, 2.24) is 15.3 Å². The number of hydrogen-bond donors (Lipinski definition) is 1. The standard InChI is InChI=1S/C14H27N3/c1-13(2,3)16-8-6-14(7-9-16)10-17(11-14)15-12-4-5-12/h12,15H,4-11H2,1-3H3. The molecule has 0 aromatic rings. The molecule has 3 heteroatoms. The quantitative estimate of drug-likeness (QED) is 0.791. The van der Waals surface area contributed by atoms with Gasteiger partial charge in [-0.2, -0.15) is 0 Å². The van der Waals surface area contributed by atoms with Crippen molar-refractivity contribution in [1.29, 1.82) is 0 Å². The van der Waals surface area contributed by atoms with Crippen molar-refractivity contribution in [3.05, 3.63) is 0 Å². The van der Waals surface area contributed by atoms with Crippen molar-refractivity contribution in [2.24, 2.45) is 5.41 Å². The minimum atomic E-state index is 0.358. The minimum Gasteiger partial charge on any atom is -0.298 e. The van der Waals surface area contributed by atoms with E-state index in [1.807, 2.05) is 0 Å². The first-order valence-electron chi connectivity index (χ1n) is 7.23. The molecule has 1 aliphatic carbocycles. The molecule has 3 aliphatic rings. The Morgan fingerprint density at radius 1 is 1.06 bits per heavy atom. The van der Waals surface area contributed by atoms with Crippen molar-refractivity contribution in [3.8, 4) is 0 Å². The monoisotopic (exact) mass is 237 g/mol. The first-order chi connectivity index (χ1) is 7.97. The second-order valence-corrected chi connectivity index (χ2v) is 7.42. The van der Waals surface area contributed by atoms with Gasteiger partial charge in [0.15, 0.2) is 0 Å². The molecule has 17 heavy (non-hydrogen) atoms. The fourth-order valence-corrected chi connectivity index (χ4v) is 3.29. The van der Waals surface area contributed by atoms with E-state index in [1.165, 1.54) is 51.9 Å². The number of hydrogen-bond acceptors (Lipinski definition) is 3. The molecule has 0 amide bonds. The number of nitrogens with zero attached hydrogens (tertiary/aromatic N) is 2. The Labute approximate surface area is 106 Å². The Kier molecular flexibility index (Phi) is 2.77. The van der Waals surface area contributed by atoms with Crippen molar-refractivity contribution in [3.63, 3.8) is 0 Å². The molecule has 0 bridgehead atoms. The lowest BCUT2D eigenvalue weighted by Gasteiger charge is -2.55. The van der Waals surface area contributed by atoms with Gasteiger partial charge >= 0.3 is 0 Å². The third-order valence-electron chi connectivity index (χ3n) is 4.77. The summed E-state index contributed by atoms with van der Waals surface area (Å²) in [6, 6.07) is 0.821. The van der Waals surface area contributed by atoms with Crippen LogP contribution in [0.15, 0.2) is 0 Å². The highest BCUT2D eigenvalue weighted by Gasteiger charge is 2.46. The minimum absolute atomic E-state index is 0.358. The Bertz CT molecular complexity index is 274. The lowest BCUT2D eigenvalue weighted by Crippen LogP contribution is -2.65. The summed E-state index contributed by atoms with van der Waals surface area (Å²) in [5.74, 6) is 0. The summed E-state index contributed by atoms with van der Waals surface area (Å²) in [5.41, 5.74) is 4.64. The second kappa shape index (κ2) is 3.94. The van der Waals surface area contributed by atoms with Crippen LogP contribution in [0.5, 0.6) is 0 Å². The zero-order valence-electron chi connectivity index (χ0n) is 11.6. The summed E-state index contributed by atoms with van der Waals surface area (Å²) in [4.78, 5) is 2.65. The van der Waals surface area contributed by atoms with Gasteiger partial charge in [-0.1, -0.05) is 0 Å². The molecule has 1 saturated carbocycles. The summed E-state index contributed by atoms with van der Waals surface area (Å²) < 4.78 is 0. The number of nitrogens with one attached hydrogen (secondary N) is 1. The average molecular weight is 237 g/mol. The van der Waals surface area contributed by atoms with Crippen molar-refractivity contribution < 1.29 is 0 Å². The molecule has 0 aromatic carbocycles. The van der Waals surface area contributed by atoms with Crippen LogP contribution in [0.1, 0.15) is 46.5 Å². The van der Waals surface area contributed by atoms with Gasteiger partial charge in [-0.3, -0.25) is 10.3 Å². The molecule has 0 radical (unpaired) electrons. The predicted octanol–water partition coefficient (Wildman–Crippen LogP) is 1.85. The fraction of sp³-hybridized carbons (Fsp3) is 1.00. The van der Waals surface area contributed by atoms with E-state index < -0.39 is 0 Å². The van der Waals surface area contributed by atoms with Crippen LogP contribution in [-0.4, -0.2) is 47.7 Å². The van der Waals surface area contributed by atoms with Crippen LogP contribution in [0.25, 0.3) is 0 Å². The van der Waals surface area contributed by atoms with Crippen LogP contribution in [0, 0.1) is 5.41 Å². The van der Waals surface area contributed by atoms with Crippen molar-refractivity contribution in [2.75, 3.05) is 26.2 Å². The first-order valence-corrected chi connectivity index (χ1v) is 7.23. The second-order valence-electron chi connectivity index (χ2n) is 7.42. The van der Waals surface area contributed by atoms with Gasteiger partial charge < -0.3 is 0 Å². The summed E-state index contributed by atoms with van der Waals surface area (Å²) in [6.45, 7) is 12.2. The third kappa shape index (κ3) is 2.51. The van der Waals surface area contributed by atoms with E-state index in [2.05, 4.69) is 36.1 Å². The largest absolute Gasteiger partial charge is 0.298 e. The normalized spacial score (nSPS) is 30.5. The van der Waals surface area contributed by atoms with E-state index in [9.17, 15) is 0 Å². The Balaban J connectivity index is 1.46. The molecule has 98 valence electrons. The molecule has 0 aromatic heterocycles. The lowest BCUT2D eigenvalue weighted by molar-refractivity contribution is -0.0876. The summed E-state index contributed by atoms with van der Waals surface area (Å²) in [7, 11) is 0. The highest BCUT2D eigenvalue weighted by Crippen LogP contribution is 2.41. The molecule has 2 heterocycles. The molecule has 0 unspecified atom stereocenters.